The van der Waals surface area contributed by atoms with Crippen LogP contribution in [-0.2, 0) is 0 Å². The number of benzene rings is 1. The van der Waals surface area contributed by atoms with Crippen LogP contribution in [0.5, 0.6) is 0 Å². The van der Waals surface area contributed by atoms with Crippen molar-refractivity contribution in [3.05, 3.63) is 52.9 Å². The number of halogens is 2. The van der Waals surface area contributed by atoms with Gasteiger partial charge in [0.05, 0.1) is 11.6 Å². The summed E-state index contributed by atoms with van der Waals surface area (Å²) in [4.78, 5) is 4.92. The summed E-state index contributed by atoms with van der Waals surface area (Å²) in [6.07, 6.45) is 0. The zero-order chi connectivity index (χ0) is 12.3. The normalized spacial score (nSPS) is 9.94. The fourth-order valence-electron chi connectivity index (χ4n) is 1.21. The lowest BCUT2D eigenvalue weighted by Gasteiger charge is -2.02. The molecule has 0 N–H and O–H groups in total. The number of nitriles is 1. The largest absolute Gasteiger partial charge is 0.229 e. The van der Waals surface area contributed by atoms with Gasteiger partial charge in [-0.15, -0.1) is 0 Å². The molecule has 2 aromatic rings. The molecule has 0 bridgehead atoms. The van der Waals surface area contributed by atoms with Gasteiger partial charge in [0.1, 0.15) is 16.0 Å². The lowest BCUT2D eigenvalue weighted by atomic mass is 10.3. The van der Waals surface area contributed by atoms with Crippen LogP contribution in [0.25, 0.3) is 0 Å². The van der Waals surface area contributed by atoms with Gasteiger partial charge in [-0.25, -0.2) is 9.37 Å². The van der Waals surface area contributed by atoms with Gasteiger partial charge < -0.3 is 0 Å². The van der Waals surface area contributed by atoms with Crippen LogP contribution in [0, 0.1) is 17.1 Å². The molecule has 0 amide bonds. The maximum absolute atomic E-state index is 12.7. The maximum Gasteiger partial charge on any atom is 0.131 e. The van der Waals surface area contributed by atoms with Gasteiger partial charge in [-0.05, 0) is 36.4 Å². The zero-order valence-corrected chi connectivity index (χ0v) is 10.1. The highest BCUT2D eigenvalue weighted by Gasteiger charge is 2.03. The van der Waals surface area contributed by atoms with Crippen LogP contribution in [0.15, 0.2) is 46.3 Å². The quantitative estimate of drug-likeness (QED) is 0.772. The summed E-state index contributed by atoms with van der Waals surface area (Å²) in [7, 11) is 0. The Kier molecular flexibility index (Phi) is 3.62. The van der Waals surface area contributed by atoms with Crippen LogP contribution in [0.2, 0.25) is 5.15 Å². The molecular formula is C12H6ClFN2S. The summed E-state index contributed by atoms with van der Waals surface area (Å²) in [6.45, 7) is 0. The fourth-order valence-corrected chi connectivity index (χ4v) is 2.32. The van der Waals surface area contributed by atoms with E-state index in [4.69, 9.17) is 16.9 Å². The molecule has 0 atom stereocenters. The molecule has 0 aliphatic carbocycles. The molecule has 0 radical (unpaired) electrons. The Morgan fingerprint density at radius 3 is 2.59 bits per heavy atom. The van der Waals surface area contributed by atoms with E-state index < -0.39 is 0 Å². The Morgan fingerprint density at radius 1 is 1.24 bits per heavy atom. The molecule has 0 spiro atoms. The Hall–Kier alpha value is -1.57. The highest BCUT2D eigenvalue weighted by Crippen LogP contribution is 2.27. The SMILES string of the molecule is N#Cc1cc(Cl)nc(Sc2ccc(F)cc2)c1. The van der Waals surface area contributed by atoms with E-state index in [2.05, 4.69) is 4.98 Å². The van der Waals surface area contributed by atoms with E-state index >= 15 is 0 Å². The van der Waals surface area contributed by atoms with Crippen LogP contribution in [0.1, 0.15) is 5.56 Å². The van der Waals surface area contributed by atoms with Crippen molar-refractivity contribution >= 4 is 23.4 Å². The first-order valence-corrected chi connectivity index (χ1v) is 5.88. The van der Waals surface area contributed by atoms with Gasteiger partial charge in [-0.3, -0.25) is 0 Å². The smallest absolute Gasteiger partial charge is 0.131 e. The standard InChI is InChI=1S/C12H6ClFN2S/c13-11-5-8(7-15)6-12(16-11)17-10-3-1-9(14)2-4-10/h1-6H. The molecule has 0 aliphatic heterocycles. The Bertz CT molecular complexity index is 578. The van der Waals surface area contributed by atoms with E-state index in [0.29, 0.717) is 10.6 Å². The summed E-state index contributed by atoms with van der Waals surface area (Å²) in [6, 6.07) is 11.2. The van der Waals surface area contributed by atoms with Crippen LogP contribution in [0.3, 0.4) is 0 Å². The minimum Gasteiger partial charge on any atom is -0.229 e. The van der Waals surface area contributed by atoms with Crippen molar-refractivity contribution in [2.45, 2.75) is 9.92 Å². The second-order valence-electron chi connectivity index (χ2n) is 3.18. The van der Waals surface area contributed by atoms with Crippen molar-refractivity contribution in [1.82, 2.24) is 4.98 Å². The van der Waals surface area contributed by atoms with Gasteiger partial charge in [0.15, 0.2) is 0 Å². The molecule has 0 aliphatic rings. The van der Waals surface area contributed by atoms with Gasteiger partial charge in [-0.1, -0.05) is 23.4 Å². The average molecular weight is 265 g/mol. The topological polar surface area (TPSA) is 36.7 Å². The minimum atomic E-state index is -0.286. The Labute approximate surface area is 107 Å². The van der Waals surface area contributed by atoms with Crippen LogP contribution in [0.4, 0.5) is 4.39 Å². The minimum absolute atomic E-state index is 0.272. The van der Waals surface area contributed by atoms with Crippen LogP contribution in [-0.4, -0.2) is 4.98 Å². The van der Waals surface area contributed by atoms with Crippen molar-refractivity contribution in [1.29, 1.82) is 5.26 Å². The summed E-state index contributed by atoms with van der Waals surface area (Å²) < 4.78 is 12.7. The lowest BCUT2D eigenvalue weighted by Crippen LogP contribution is -1.84. The lowest BCUT2D eigenvalue weighted by molar-refractivity contribution is 0.626. The Morgan fingerprint density at radius 2 is 1.94 bits per heavy atom. The van der Waals surface area contributed by atoms with Crippen molar-refractivity contribution in [3.8, 4) is 6.07 Å². The molecule has 2 rings (SSSR count). The number of hydrogen-bond acceptors (Lipinski definition) is 3. The van der Waals surface area contributed by atoms with E-state index in [9.17, 15) is 4.39 Å². The van der Waals surface area contributed by atoms with Crippen molar-refractivity contribution < 1.29 is 4.39 Å². The molecule has 0 saturated heterocycles. The fraction of sp³-hybridized carbons (Fsp3) is 0. The third kappa shape index (κ3) is 3.19. The van der Waals surface area contributed by atoms with E-state index in [1.165, 1.54) is 30.0 Å². The van der Waals surface area contributed by atoms with Gasteiger partial charge >= 0.3 is 0 Å². The van der Waals surface area contributed by atoms with E-state index in [-0.39, 0.29) is 11.0 Å². The molecule has 5 heteroatoms. The molecule has 84 valence electrons. The second-order valence-corrected chi connectivity index (χ2v) is 4.67. The zero-order valence-electron chi connectivity index (χ0n) is 8.52. The highest BCUT2D eigenvalue weighted by atomic mass is 35.5. The van der Waals surface area contributed by atoms with Gasteiger partial charge in [0.2, 0.25) is 0 Å². The van der Waals surface area contributed by atoms with Gasteiger partial charge in [0.25, 0.3) is 0 Å². The van der Waals surface area contributed by atoms with Crippen LogP contribution >= 0.6 is 23.4 Å². The number of rotatable bonds is 2. The summed E-state index contributed by atoms with van der Waals surface area (Å²) >= 11 is 7.11. The highest BCUT2D eigenvalue weighted by molar-refractivity contribution is 7.99. The number of pyridine rings is 1. The van der Waals surface area contributed by atoms with Crippen LogP contribution < -0.4 is 0 Å². The molecule has 0 saturated carbocycles. The Balaban J connectivity index is 2.27. The van der Waals surface area contributed by atoms with Crippen molar-refractivity contribution in [2.75, 3.05) is 0 Å². The molecule has 0 unspecified atom stereocenters. The van der Waals surface area contributed by atoms with Crippen molar-refractivity contribution in [2.24, 2.45) is 0 Å². The van der Waals surface area contributed by atoms with E-state index in [0.717, 1.165) is 4.90 Å². The number of nitrogens with zero attached hydrogens (tertiary/aromatic N) is 2. The van der Waals surface area contributed by atoms with Gasteiger partial charge in [0, 0.05) is 4.90 Å². The average Bonchev–Trinajstić information content (AvgIpc) is 2.31. The third-order valence-electron chi connectivity index (χ3n) is 1.94. The maximum atomic E-state index is 12.7. The molecule has 1 aromatic carbocycles. The van der Waals surface area contributed by atoms with E-state index in [1.807, 2.05) is 6.07 Å². The van der Waals surface area contributed by atoms with Gasteiger partial charge in [-0.2, -0.15) is 5.26 Å². The number of hydrogen-bond donors (Lipinski definition) is 0. The van der Waals surface area contributed by atoms with E-state index in [1.54, 1.807) is 18.2 Å². The molecule has 1 heterocycles. The first kappa shape index (κ1) is 11.9. The molecule has 17 heavy (non-hydrogen) atoms. The molecule has 0 fully saturated rings. The van der Waals surface area contributed by atoms with Crippen molar-refractivity contribution in [3.63, 3.8) is 0 Å². The second kappa shape index (κ2) is 5.17. The predicted octanol–water partition coefficient (Wildman–Crippen LogP) is 3.90. The molecular weight excluding hydrogens is 259 g/mol. The molecule has 1 aromatic heterocycles. The molecule has 2 nitrogen and oxygen atoms in total. The monoisotopic (exact) mass is 264 g/mol. The third-order valence-corrected chi connectivity index (χ3v) is 3.06. The summed E-state index contributed by atoms with van der Waals surface area (Å²) in [5.74, 6) is -0.286. The summed E-state index contributed by atoms with van der Waals surface area (Å²) in [5.41, 5.74) is 0.453. The first-order chi connectivity index (χ1) is 8.17. The predicted molar refractivity (Wildman–Crippen MR) is 64.5 cm³/mol. The summed E-state index contributed by atoms with van der Waals surface area (Å²) in [5, 5.41) is 9.68. The number of aromatic nitrogens is 1. The first-order valence-electron chi connectivity index (χ1n) is 4.68.